The SMILES string of the molecule is COc1cc(/C=C/C(=O)Nc2cnc3c(c2)c(C)nn3C)cc(Cl)c1OC(C)C. The standard InChI is InChI=1S/C21H23ClN4O3/c1-12(2)29-20-17(22)8-14(9-18(20)28-5)6-7-19(27)24-15-10-16-13(3)25-26(4)21(16)23-11-15/h6-12H,1-5H3,(H,24,27)/b7-6+. The summed E-state index contributed by atoms with van der Waals surface area (Å²) >= 11 is 6.32. The number of carbonyl (C=O) groups excluding carboxylic acids is 1. The third-order valence-electron chi connectivity index (χ3n) is 4.16. The zero-order valence-electron chi connectivity index (χ0n) is 17.0. The molecule has 0 aliphatic heterocycles. The van der Waals surface area contributed by atoms with Gasteiger partial charge in [-0.1, -0.05) is 11.6 Å². The summed E-state index contributed by atoms with van der Waals surface area (Å²) in [5.41, 5.74) is 2.93. The first-order valence-electron chi connectivity index (χ1n) is 9.11. The van der Waals surface area contributed by atoms with Crippen molar-refractivity contribution in [3.63, 3.8) is 0 Å². The molecule has 152 valence electrons. The lowest BCUT2D eigenvalue weighted by Gasteiger charge is -2.15. The van der Waals surface area contributed by atoms with Gasteiger partial charge in [0.2, 0.25) is 5.91 Å². The molecule has 7 nitrogen and oxygen atoms in total. The monoisotopic (exact) mass is 414 g/mol. The highest BCUT2D eigenvalue weighted by Gasteiger charge is 2.13. The lowest BCUT2D eigenvalue weighted by atomic mass is 10.1. The van der Waals surface area contributed by atoms with Crippen molar-refractivity contribution < 1.29 is 14.3 Å². The van der Waals surface area contributed by atoms with Crippen molar-refractivity contribution in [2.75, 3.05) is 12.4 Å². The van der Waals surface area contributed by atoms with Crippen LogP contribution in [-0.4, -0.2) is 33.9 Å². The van der Waals surface area contributed by atoms with Gasteiger partial charge in [0, 0.05) is 18.5 Å². The lowest BCUT2D eigenvalue weighted by molar-refractivity contribution is -0.111. The summed E-state index contributed by atoms with van der Waals surface area (Å²) in [6.45, 7) is 5.72. The minimum atomic E-state index is -0.287. The number of amides is 1. The minimum absolute atomic E-state index is 0.0389. The molecular weight excluding hydrogens is 392 g/mol. The van der Waals surface area contributed by atoms with Gasteiger partial charge in [-0.2, -0.15) is 5.10 Å². The van der Waals surface area contributed by atoms with Crippen molar-refractivity contribution in [1.82, 2.24) is 14.8 Å². The molecule has 0 unspecified atom stereocenters. The molecule has 2 aromatic heterocycles. The van der Waals surface area contributed by atoms with Crippen molar-refractivity contribution in [3.05, 3.63) is 46.8 Å². The second-order valence-electron chi connectivity index (χ2n) is 6.83. The van der Waals surface area contributed by atoms with Gasteiger partial charge in [-0.05, 0) is 50.6 Å². The Kier molecular flexibility index (Phi) is 6.08. The van der Waals surface area contributed by atoms with E-state index in [0.717, 1.165) is 22.3 Å². The van der Waals surface area contributed by atoms with Gasteiger partial charge in [-0.3, -0.25) is 9.48 Å². The first-order valence-corrected chi connectivity index (χ1v) is 9.49. The van der Waals surface area contributed by atoms with Gasteiger partial charge >= 0.3 is 0 Å². The Morgan fingerprint density at radius 1 is 1.31 bits per heavy atom. The second kappa shape index (κ2) is 8.53. The van der Waals surface area contributed by atoms with Crippen molar-refractivity contribution in [3.8, 4) is 11.5 Å². The summed E-state index contributed by atoms with van der Waals surface area (Å²) in [6.07, 6.45) is 4.65. The molecule has 0 aliphatic carbocycles. The maximum Gasteiger partial charge on any atom is 0.248 e. The number of anilines is 1. The fourth-order valence-electron chi connectivity index (χ4n) is 2.92. The molecule has 0 saturated carbocycles. The zero-order valence-corrected chi connectivity index (χ0v) is 17.7. The number of methoxy groups -OCH3 is 1. The number of fused-ring (bicyclic) bond motifs is 1. The Morgan fingerprint density at radius 3 is 2.76 bits per heavy atom. The summed E-state index contributed by atoms with van der Waals surface area (Å²) in [5, 5.41) is 8.45. The van der Waals surface area contributed by atoms with Crippen LogP contribution in [0.2, 0.25) is 5.02 Å². The topological polar surface area (TPSA) is 78.3 Å². The van der Waals surface area contributed by atoms with Crippen LogP contribution in [0, 0.1) is 6.92 Å². The van der Waals surface area contributed by atoms with Crippen LogP contribution in [0.5, 0.6) is 11.5 Å². The summed E-state index contributed by atoms with van der Waals surface area (Å²) in [7, 11) is 3.38. The molecule has 8 heteroatoms. The zero-order chi connectivity index (χ0) is 21.1. The first kappa shape index (κ1) is 20.7. The molecule has 0 radical (unpaired) electrons. The van der Waals surface area contributed by atoms with E-state index in [1.165, 1.54) is 6.08 Å². The van der Waals surface area contributed by atoms with Gasteiger partial charge < -0.3 is 14.8 Å². The Labute approximate surface area is 174 Å². The molecule has 0 fully saturated rings. The predicted octanol–water partition coefficient (Wildman–Crippen LogP) is 4.38. The van der Waals surface area contributed by atoms with Crippen molar-refractivity contribution >= 4 is 40.3 Å². The predicted molar refractivity (Wildman–Crippen MR) is 115 cm³/mol. The fourth-order valence-corrected chi connectivity index (χ4v) is 3.18. The smallest absolute Gasteiger partial charge is 0.248 e. The van der Waals surface area contributed by atoms with E-state index in [1.54, 1.807) is 36.2 Å². The van der Waals surface area contributed by atoms with E-state index in [-0.39, 0.29) is 12.0 Å². The van der Waals surface area contributed by atoms with Gasteiger partial charge in [0.25, 0.3) is 0 Å². The van der Waals surface area contributed by atoms with Crippen LogP contribution in [0.15, 0.2) is 30.5 Å². The average Bonchev–Trinajstić information content (AvgIpc) is 2.95. The number of nitrogens with one attached hydrogen (secondary N) is 1. The molecule has 3 aromatic rings. The molecule has 0 aliphatic rings. The summed E-state index contributed by atoms with van der Waals surface area (Å²) in [4.78, 5) is 16.7. The molecule has 1 aromatic carbocycles. The Hall–Kier alpha value is -3.06. The number of hydrogen-bond donors (Lipinski definition) is 1. The quantitative estimate of drug-likeness (QED) is 0.605. The normalized spacial score (nSPS) is 11.4. The van der Waals surface area contributed by atoms with Crippen LogP contribution in [-0.2, 0) is 11.8 Å². The largest absolute Gasteiger partial charge is 0.493 e. The van der Waals surface area contributed by atoms with Crippen molar-refractivity contribution in [2.24, 2.45) is 7.05 Å². The van der Waals surface area contributed by atoms with Gasteiger partial charge in [0.15, 0.2) is 17.1 Å². The molecule has 1 N–H and O–H groups in total. The van der Waals surface area contributed by atoms with Gasteiger partial charge in [-0.15, -0.1) is 0 Å². The van der Waals surface area contributed by atoms with E-state index >= 15 is 0 Å². The molecule has 3 rings (SSSR count). The van der Waals surface area contributed by atoms with Crippen LogP contribution in [0.1, 0.15) is 25.1 Å². The van der Waals surface area contributed by atoms with Crippen LogP contribution < -0.4 is 14.8 Å². The summed E-state index contributed by atoms with van der Waals surface area (Å²) < 4.78 is 12.8. The number of aromatic nitrogens is 3. The Bertz CT molecular complexity index is 1090. The molecule has 0 spiro atoms. The van der Waals surface area contributed by atoms with Crippen LogP contribution in [0.25, 0.3) is 17.1 Å². The van der Waals surface area contributed by atoms with Crippen LogP contribution >= 0.6 is 11.6 Å². The van der Waals surface area contributed by atoms with Gasteiger partial charge in [0.1, 0.15) is 0 Å². The number of aryl methyl sites for hydroxylation is 2. The van der Waals surface area contributed by atoms with E-state index in [2.05, 4.69) is 15.4 Å². The van der Waals surface area contributed by atoms with E-state index in [4.69, 9.17) is 21.1 Å². The number of halogens is 1. The minimum Gasteiger partial charge on any atom is -0.493 e. The molecule has 0 saturated heterocycles. The molecule has 0 atom stereocenters. The maximum atomic E-state index is 12.3. The third-order valence-corrected chi connectivity index (χ3v) is 4.44. The Morgan fingerprint density at radius 2 is 2.07 bits per heavy atom. The molecule has 1 amide bonds. The number of hydrogen-bond acceptors (Lipinski definition) is 5. The summed E-state index contributed by atoms with van der Waals surface area (Å²) in [6, 6.07) is 5.34. The summed E-state index contributed by atoms with van der Waals surface area (Å²) in [5.74, 6) is 0.704. The van der Waals surface area contributed by atoms with Crippen molar-refractivity contribution in [2.45, 2.75) is 26.9 Å². The highest BCUT2D eigenvalue weighted by atomic mass is 35.5. The number of pyridine rings is 1. The number of benzene rings is 1. The number of ether oxygens (including phenoxy) is 2. The van der Waals surface area contributed by atoms with Gasteiger partial charge in [-0.25, -0.2) is 4.98 Å². The van der Waals surface area contributed by atoms with E-state index in [0.29, 0.717) is 22.2 Å². The van der Waals surface area contributed by atoms with Gasteiger partial charge in [0.05, 0.1) is 35.8 Å². The van der Waals surface area contributed by atoms with E-state index in [9.17, 15) is 4.79 Å². The molecule has 2 heterocycles. The first-order chi connectivity index (χ1) is 13.8. The number of nitrogens with zero attached hydrogens (tertiary/aromatic N) is 3. The second-order valence-corrected chi connectivity index (χ2v) is 7.23. The Balaban J connectivity index is 1.77. The van der Waals surface area contributed by atoms with E-state index < -0.39 is 0 Å². The maximum absolute atomic E-state index is 12.3. The van der Waals surface area contributed by atoms with Crippen LogP contribution in [0.4, 0.5) is 5.69 Å². The number of rotatable bonds is 6. The molecular formula is C21H23ClN4O3. The fraction of sp³-hybridized carbons (Fsp3) is 0.286. The highest BCUT2D eigenvalue weighted by molar-refractivity contribution is 6.32. The lowest BCUT2D eigenvalue weighted by Crippen LogP contribution is -2.08. The molecule has 29 heavy (non-hydrogen) atoms. The van der Waals surface area contributed by atoms with Crippen molar-refractivity contribution in [1.29, 1.82) is 0 Å². The average molecular weight is 415 g/mol. The number of carbonyl (C=O) groups is 1. The van der Waals surface area contributed by atoms with E-state index in [1.807, 2.05) is 33.9 Å². The van der Waals surface area contributed by atoms with Crippen LogP contribution in [0.3, 0.4) is 0 Å². The highest BCUT2D eigenvalue weighted by Crippen LogP contribution is 2.37. The third kappa shape index (κ3) is 4.68. The molecule has 0 bridgehead atoms.